The van der Waals surface area contributed by atoms with Crippen LogP contribution in [0.25, 0.3) is 0 Å². The Morgan fingerprint density at radius 2 is 1.02 bits per heavy atom. The molecule has 0 aliphatic rings. The fourth-order valence-corrected chi connectivity index (χ4v) is 6.89. The van der Waals surface area contributed by atoms with E-state index >= 15 is 0 Å². The molecule has 0 spiro atoms. The van der Waals surface area contributed by atoms with Crippen molar-refractivity contribution >= 4 is 19.8 Å². The highest BCUT2D eigenvalue weighted by Crippen LogP contribution is 2.43. The van der Waals surface area contributed by atoms with Crippen molar-refractivity contribution in [3.05, 3.63) is 36.5 Å². The van der Waals surface area contributed by atoms with Gasteiger partial charge in [-0.2, -0.15) is 0 Å². The number of carbonyl (C=O) groups is 2. The molecule has 0 saturated carbocycles. The van der Waals surface area contributed by atoms with Crippen molar-refractivity contribution in [2.75, 3.05) is 47.5 Å². The second-order valence-electron chi connectivity index (χ2n) is 16.4. The summed E-state index contributed by atoms with van der Waals surface area (Å²) >= 11 is 0. The van der Waals surface area contributed by atoms with Gasteiger partial charge in [-0.3, -0.25) is 18.6 Å². The third kappa shape index (κ3) is 41.9. The molecule has 1 N–H and O–H groups in total. The Balaban J connectivity index is 4.33. The number of allylic oxidation sites excluding steroid dienone is 6. The van der Waals surface area contributed by atoms with Gasteiger partial charge >= 0.3 is 19.8 Å². The van der Waals surface area contributed by atoms with E-state index in [2.05, 4.69) is 50.3 Å². The summed E-state index contributed by atoms with van der Waals surface area (Å²) in [5, 5.41) is 0. The van der Waals surface area contributed by atoms with Gasteiger partial charge in [0.1, 0.15) is 19.8 Å². The van der Waals surface area contributed by atoms with Gasteiger partial charge in [0.25, 0.3) is 0 Å². The zero-order chi connectivity index (χ0) is 41.4. The van der Waals surface area contributed by atoms with Crippen molar-refractivity contribution in [3.8, 4) is 0 Å². The van der Waals surface area contributed by atoms with Gasteiger partial charge in [0.05, 0.1) is 27.7 Å². The number of likely N-dealkylation sites (N-methyl/N-ethyl adjacent to an activating group) is 1. The van der Waals surface area contributed by atoms with Crippen LogP contribution in [0.15, 0.2) is 36.5 Å². The summed E-state index contributed by atoms with van der Waals surface area (Å²) in [5.74, 6) is -0.813. The summed E-state index contributed by atoms with van der Waals surface area (Å²) in [6.45, 7) is 4.30. The molecule has 0 aromatic carbocycles. The smallest absolute Gasteiger partial charge is 0.462 e. The van der Waals surface area contributed by atoms with Gasteiger partial charge in [-0.15, -0.1) is 0 Å². The number of quaternary nitrogens is 1. The molecular formula is C46H87NO8P+. The number of phosphoric acid groups is 1. The van der Waals surface area contributed by atoms with Crippen LogP contribution in [0.2, 0.25) is 0 Å². The number of ether oxygens (including phenoxy) is 2. The van der Waals surface area contributed by atoms with Gasteiger partial charge in [0, 0.05) is 12.8 Å². The number of unbranched alkanes of at least 4 members (excludes halogenated alkanes) is 21. The van der Waals surface area contributed by atoms with Gasteiger partial charge in [-0.05, 0) is 44.9 Å². The molecule has 0 saturated heterocycles. The number of hydrogen-bond donors (Lipinski definition) is 1. The van der Waals surface area contributed by atoms with Gasteiger partial charge in [-0.25, -0.2) is 4.57 Å². The summed E-state index contributed by atoms with van der Waals surface area (Å²) in [7, 11) is 1.47. The Morgan fingerprint density at radius 1 is 0.571 bits per heavy atom. The quantitative estimate of drug-likeness (QED) is 0.0214. The first-order valence-corrected chi connectivity index (χ1v) is 24.2. The standard InChI is InChI=1S/C46H86NO8P/c1-6-8-10-12-14-16-18-20-22-23-25-26-28-30-32-34-36-38-45(48)52-42-44(43-54-56(50,51)53-41-40-47(3,4)5)55-46(49)39-37-35-33-31-29-27-24-21-19-17-15-13-11-9-7-2/h9,11,15,17,21,24,44H,6-8,10,12-14,16,18-20,22-23,25-43H2,1-5H3/p+1/b11-9-,17-15-,24-21-/t44-/m1/s1. The van der Waals surface area contributed by atoms with E-state index in [1.807, 2.05) is 21.1 Å². The van der Waals surface area contributed by atoms with Crippen molar-refractivity contribution < 1.29 is 42.1 Å². The minimum Gasteiger partial charge on any atom is -0.462 e. The maximum Gasteiger partial charge on any atom is 0.472 e. The van der Waals surface area contributed by atoms with E-state index in [0.717, 1.165) is 70.6 Å². The van der Waals surface area contributed by atoms with Crippen LogP contribution >= 0.6 is 7.82 Å². The minimum atomic E-state index is -4.38. The van der Waals surface area contributed by atoms with E-state index in [0.29, 0.717) is 17.4 Å². The summed E-state index contributed by atoms with van der Waals surface area (Å²) in [5.41, 5.74) is 0. The van der Waals surface area contributed by atoms with E-state index in [9.17, 15) is 19.0 Å². The van der Waals surface area contributed by atoms with E-state index in [1.54, 1.807) is 0 Å². The maximum absolute atomic E-state index is 12.7. The lowest BCUT2D eigenvalue weighted by Crippen LogP contribution is -2.37. The Bertz CT molecular complexity index is 1050. The molecule has 56 heavy (non-hydrogen) atoms. The zero-order valence-corrected chi connectivity index (χ0v) is 37.8. The predicted molar refractivity (Wildman–Crippen MR) is 234 cm³/mol. The molecule has 0 rings (SSSR count). The molecule has 0 aliphatic carbocycles. The topological polar surface area (TPSA) is 108 Å². The van der Waals surface area contributed by atoms with Crippen LogP contribution in [-0.4, -0.2) is 74.9 Å². The van der Waals surface area contributed by atoms with Gasteiger partial charge in [-0.1, -0.05) is 172 Å². The Morgan fingerprint density at radius 3 is 1.52 bits per heavy atom. The van der Waals surface area contributed by atoms with Crippen LogP contribution in [0.5, 0.6) is 0 Å². The first-order valence-electron chi connectivity index (χ1n) is 22.7. The highest BCUT2D eigenvalue weighted by molar-refractivity contribution is 7.47. The fraction of sp³-hybridized carbons (Fsp3) is 0.826. The highest BCUT2D eigenvalue weighted by atomic mass is 31.2. The molecule has 10 heteroatoms. The third-order valence-corrected chi connectivity index (χ3v) is 10.7. The molecule has 0 fully saturated rings. The molecule has 9 nitrogen and oxygen atoms in total. The third-order valence-electron chi connectivity index (χ3n) is 9.68. The second-order valence-corrected chi connectivity index (χ2v) is 17.9. The SMILES string of the molecule is CC/C=C\C/C=C\C/C=C\CCCCCCCC(=O)O[C@H](COC(=O)CCCCCCCCCCCCCCCCCCC)COP(=O)(O)OCC[N+](C)(C)C. The Kier molecular flexibility index (Phi) is 37.5. The number of hydrogen-bond acceptors (Lipinski definition) is 7. The van der Waals surface area contributed by atoms with Crippen LogP contribution in [0.4, 0.5) is 0 Å². The van der Waals surface area contributed by atoms with Gasteiger partial charge in [0.15, 0.2) is 6.10 Å². The predicted octanol–water partition coefficient (Wildman–Crippen LogP) is 12.9. The summed E-state index contributed by atoms with van der Waals surface area (Å²) in [6.07, 6.45) is 43.3. The normalized spacial score (nSPS) is 13.9. The lowest BCUT2D eigenvalue weighted by Gasteiger charge is -2.24. The number of carbonyl (C=O) groups excluding carboxylic acids is 2. The number of rotatable bonds is 41. The van der Waals surface area contributed by atoms with E-state index in [4.69, 9.17) is 18.5 Å². The lowest BCUT2D eigenvalue weighted by molar-refractivity contribution is -0.870. The molecule has 0 aromatic heterocycles. The summed E-state index contributed by atoms with van der Waals surface area (Å²) < 4.78 is 34.3. The van der Waals surface area contributed by atoms with Gasteiger partial charge < -0.3 is 18.9 Å². The van der Waals surface area contributed by atoms with Crippen LogP contribution in [0.1, 0.15) is 194 Å². The number of esters is 2. The molecular weight excluding hydrogens is 725 g/mol. The summed E-state index contributed by atoms with van der Waals surface area (Å²) in [6, 6.07) is 0. The van der Waals surface area contributed by atoms with Crippen LogP contribution < -0.4 is 0 Å². The van der Waals surface area contributed by atoms with Crippen molar-refractivity contribution in [2.24, 2.45) is 0 Å². The largest absolute Gasteiger partial charge is 0.472 e. The Labute approximate surface area is 344 Å². The molecule has 328 valence electrons. The molecule has 0 aromatic rings. The van der Waals surface area contributed by atoms with Crippen LogP contribution in [0, 0.1) is 0 Å². The van der Waals surface area contributed by atoms with Crippen LogP contribution in [0.3, 0.4) is 0 Å². The lowest BCUT2D eigenvalue weighted by atomic mass is 10.0. The van der Waals surface area contributed by atoms with Gasteiger partial charge in [0.2, 0.25) is 0 Å². The number of phosphoric ester groups is 1. The molecule has 0 aliphatic heterocycles. The zero-order valence-electron chi connectivity index (χ0n) is 36.9. The second kappa shape index (κ2) is 38.7. The van der Waals surface area contributed by atoms with Crippen molar-refractivity contribution in [2.45, 2.75) is 200 Å². The van der Waals surface area contributed by atoms with E-state index in [1.165, 1.54) is 89.9 Å². The molecule has 0 heterocycles. The average Bonchev–Trinajstić information content (AvgIpc) is 3.15. The Hall–Kier alpha value is -1.77. The van der Waals surface area contributed by atoms with E-state index in [-0.39, 0.29) is 32.0 Å². The van der Waals surface area contributed by atoms with E-state index < -0.39 is 26.5 Å². The summed E-state index contributed by atoms with van der Waals surface area (Å²) in [4.78, 5) is 35.4. The number of nitrogens with zero attached hydrogens (tertiary/aromatic N) is 1. The minimum absolute atomic E-state index is 0.0287. The average molecular weight is 813 g/mol. The highest BCUT2D eigenvalue weighted by Gasteiger charge is 2.27. The maximum atomic E-state index is 12.7. The first-order chi connectivity index (χ1) is 27.0. The van der Waals surface area contributed by atoms with Crippen molar-refractivity contribution in [1.82, 2.24) is 0 Å². The fourth-order valence-electron chi connectivity index (χ4n) is 6.15. The molecule has 0 bridgehead atoms. The molecule has 1 unspecified atom stereocenters. The van der Waals surface area contributed by atoms with Crippen molar-refractivity contribution in [1.29, 1.82) is 0 Å². The monoisotopic (exact) mass is 813 g/mol. The molecule has 2 atom stereocenters. The molecule has 0 amide bonds. The van der Waals surface area contributed by atoms with Crippen molar-refractivity contribution in [3.63, 3.8) is 0 Å². The first kappa shape index (κ1) is 54.2. The molecule has 0 radical (unpaired) electrons. The van der Waals surface area contributed by atoms with Crippen LogP contribution in [-0.2, 0) is 32.7 Å².